The normalized spacial score (nSPS) is 18.9. The predicted octanol–water partition coefficient (Wildman–Crippen LogP) is -1.54. The van der Waals surface area contributed by atoms with Gasteiger partial charge in [0.05, 0.1) is 12.5 Å². The van der Waals surface area contributed by atoms with Crippen molar-refractivity contribution in [1.29, 1.82) is 0 Å². The molecule has 5 unspecified atom stereocenters. The number of amides is 3. The molecule has 0 spiro atoms. The zero-order valence-electron chi connectivity index (χ0n) is 18.7. The van der Waals surface area contributed by atoms with Gasteiger partial charge in [-0.25, -0.2) is 4.79 Å². The van der Waals surface area contributed by atoms with Gasteiger partial charge in [0, 0.05) is 13.0 Å². The van der Waals surface area contributed by atoms with Crippen LogP contribution in [0, 0.1) is 0 Å². The third-order valence-electron chi connectivity index (χ3n) is 5.55. The van der Waals surface area contributed by atoms with Gasteiger partial charge in [-0.3, -0.25) is 19.2 Å². The van der Waals surface area contributed by atoms with Crippen molar-refractivity contribution in [1.82, 2.24) is 15.5 Å². The molecule has 2 rings (SSSR count). The maximum atomic E-state index is 13.3. The van der Waals surface area contributed by atoms with Gasteiger partial charge in [0.2, 0.25) is 17.7 Å². The van der Waals surface area contributed by atoms with Crippen molar-refractivity contribution in [3.63, 3.8) is 0 Å². The van der Waals surface area contributed by atoms with Crippen molar-refractivity contribution >= 4 is 29.7 Å². The number of hydrogen-bond donors (Lipinski definition) is 6. The van der Waals surface area contributed by atoms with Crippen LogP contribution in [-0.4, -0.2) is 86.7 Å². The molecule has 1 aliphatic heterocycles. The van der Waals surface area contributed by atoms with Crippen LogP contribution >= 0.6 is 0 Å². The minimum Gasteiger partial charge on any atom is -0.481 e. The largest absolute Gasteiger partial charge is 0.481 e. The van der Waals surface area contributed by atoms with E-state index in [-0.39, 0.29) is 19.4 Å². The van der Waals surface area contributed by atoms with Crippen molar-refractivity contribution in [3.8, 4) is 0 Å². The van der Waals surface area contributed by atoms with E-state index >= 15 is 0 Å². The number of nitrogens with two attached hydrogens (primary N) is 1. The molecule has 34 heavy (non-hydrogen) atoms. The van der Waals surface area contributed by atoms with Crippen LogP contribution in [-0.2, 0) is 30.4 Å². The summed E-state index contributed by atoms with van der Waals surface area (Å²) in [5.74, 6) is -5.05. The molecule has 1 heterocycles. The average Bonchev–Trinajstić information content (AvgIpc) is 3.27. The Morgan fingerprint density at radius 2 is 1.68 bits per heavy atom. The van der Waals surface area contributed by atoms with Crippen molar-refractivity contribution in [2.75, 3.05) is 6.54 Å². The summed E-state index contributed by atoms with van der Waals surface area (Å²) in [6.45, 7) is 1.47. The Bertz CT molecular complexity index is 907. The second-order valence-corrected chi connectivity index (χ2v) is 8.20. The molecule has 1 fully saturated rings. The first-order chi connectivity index (χ1) is 16.0. The van der Waals surface area contributed by atoms with Crippen molar-refractivity contribution < 1.29 is 39.3 Å². The summed E-state index contributed by atoms with van der Waals surface area (Å²) in [4.78, 5) is 62.5. The van der Waals surface area contributed by atoms with E-state index in [0.717, 1.165) is 0 Å². The zero-order valence-corrected chi connectivity index (χ0v) is 18.7. The first kappa shape index (κ1) is 26.7. The second-order valence-electron chi connectivity index (χ2n) is 8.20. The lowest BCUT2D eigenvalue weighted by atomic mass is 10.0. The van der Waals surface area contributed by atoms with Crippen molar-refractivity contribution in [2.24, 2.45) is 5.73 Å². The molecule has 12 nitrogen and oxygen atoms in total. The van der Waals surface area contributed by atoms with Crippen molar-refractivity contribution in [2.45, 2.75) is 62.9 Å². The summed E-state index contributed by atoms with van der Waals surface area (Å²) in [5.41, 5.74) is 6.24. The molecule has 0 aliphatic carbocycles. The lowest BCUT2D eigenvalue weighted by Gasteiger charge is -2.29. The Kier molecular flexibility index (Phi) is 9.51. The van der Waals surface area contributed by atoms with Gasteiger partial charge >= 0.3 is 11.9 Å². The molecule has 7 N–H and O–H groups in total. The lowest BCUT2D eigenvalue weighted by molar-refractivity contribution is -0.149. The molecule has 1 aliphatic rings. The molecular weight excluding hydrogens is 448 g/mol. The van der Waals surface area contributed by atoms with E-state index in [4.69, 9.17) is 5.73 Å². The number of aliphatic hydroxyl groups is 1. The summed E-state index contributed by atoms with van der Waals surface area (Å²) < 4.78 is 0. The molecule has 1 aromatic rings. The number of carbonyl (C=O) groups is 5. The Morgan fingerprint density at radius 1 is 1.06 bits per heavy atom. The SMILES string of the molecule is CC(O)C(N)C(=O)NC(CC(=O)O)C(=O)NC(Cc1ccccc1)C(=O)N1CCCC1C(=O)O. The topological polar surface area (TPSA) is 199 Å². The number of nitrogens with one attached hydrogen (secondary N) is 2. The molecule has 1 saturated heterocycles. The first-order valence-electron chi connectivity index (χ1n) is 10.8. The molecule has 12 heteroatoms. The molecule has 1 aromatic carbocycles. The van der Waals surface area contributed by atoms with Gasteiger partial charge < -0.3 is 36.6 Å². The van der Waals surface area contributed by atoms with E-state index in [1.807, 2.05) is 0 Å². The fourth-order valence-corrected chi connectivity index (χ4v) is 3.68. The minimum absolute atomic E-state index is 0.0230. The summed E-state index contributed by atoms with van der Waals surface area (Å²) in [6.07, 6.45) is -1.25. The van der Waals surface area contributed by atoms with Crippen LogP contribution < -0.4 is 16.4 Å². The van der Waals surface area contributed by atoms with E-state index in [0.29, 0.717) is 12.0 Å². The highest BCUT2D eigenvalue weighted by Crippen LogP contribution is 2.20. The molecule has 0 saturated carbocycles. The summed E-state index contributed by atoms with van der Waals surface area (Å²) >= 11 is 0. The highest BCUT2D eigenvalue weighted by Gasteiger charge is 2.38. The number of likely N-dealkylation sites (tertiary alicyclic amines) is 1. The van der Waals surface area contributed by atoms with Gasteiger partial charge in [0.1, 0.15) is 24.2 Å². The first-order valence-corrected chi connectivity index (χ1v) is 10.8. The fourth-order valence-electron chi connectivity index (χ4n) is 3.68. The van der Waals surface area contributed by atoms with E-state index in [2.05, 4.69) is 10.6 Å². The molecule has 0 radical (unpaired) electrons. The molecule has 0 aromatic heterocycles. The van der Waals surface area contributed by atoms with Crippen LogP contribution in [0.5, 0.6) is 0 Å². The molecule has 186 valence electrons. The monoisotopic (exact) mass is 478 g/mol. The number of carboxylic acids is 2. The quantitative estimate of drug-likeness (QED) is 0.218. The maximum absolute atomic E-state index is 13.3. The highest BCUT2D eigenvalue weighted by molar-refractivity contribution is 5.96. The maximum Gasteiger partial charge on any atom is 0.326 e. The number of nitrogens with zero attached hydrogens (tertiary/aromatic N) is 1. The van der Waals surface area contributed by atoms with Gasteiger partial charge in [-0.2, -0.15) is 0 Å². The smallest absolute Gasteiger partial charge is 0.326 e. The standard InChI is InChI=1S/C22H30N4O8/c1-12(27)18(23)20(31)24-14(11-17(28)29)19(30)25-15(10-13-6-3-2-4-7-13)21(32)26-9-5-8-16(26)22(33)34/h2-4,6-7,12,14-16,18,27H,5,8-11,23H2,1H3,(H,24,31)(H,25,30)(H,28,29)(H,33,34). The number of benzene rings is 1. The van der Waals surface area contributed by atoms with Crippen LogP contribution in [0.25, 0.3) is 0 Å². The number of hydrogen-bond acceptors (Lipinski definition) is 7. The number of aliphatic carboxylic acids is 2. The van der Waals surface area contributed by atoms with E-state index in [1.54, 1.807) is 30.3 Å². The fraction of sp³-hybridized carbons (Fsp3) is 0.500. The number of carboxylic acid groups (broad SMARTS) is 2. The van der Waals surface area contributed by atoms with E-state index in [1.165, 1.54) is 11.8 Å². The number of aliphatic hydroxyl groups excluding tert-OH is 1. The van der Waals surface area contributed by atoms with Gasteiger partial charge in [-0.05, 0) is 25.3 Å². The molecule has 3 amide bonds. The van der Waals surface area contributed by atoms with Crippen molar-refractivity contribution in [3.05, 3.63) is 35.9 Å². The summed E-state index contributed by atoms with van der Waals surface area (Å²) in [5, 5.41) is 32.8. The number of carbonyl (C=O) groups excluding carboxylic acids is 3. The van der Waals surface area contributed by atoms with Gasteiger partial charge in [0.15, 0.2) is 0 Å². The van der Waals surface area contributed by atoms with Gasteiger partial charge in [-0.1, -0.05) is 30.3 Å². The van der Waals surface area contributed by atoms with Crippen LogP contribution in [0.3, 0.4) is 0 Å². The third kappa shape index (κ3) is 7.25. The molecule has 5 atom stereocenters. The molecular formula is C22H30N4O8. The second kappa shape index (κ2) is 12.1. The van der Waals surface area contributed by atoms with Gasteiger partial charge in [-0.15, -0.1) is 0 Å². The Morgan fingerprint density at radius 3 is 2.24 bits per heavy atom. The third-order valence-corrected chi connectivity index (χ3v) is 5.55. The van der Waals surface area contributed by atoms with Crippen LogP contribution in [0.2, 0.25) is 0 Å². The summed E-state index contributed by atoms with van der Waals surface area (Å²) in [7, 11) is 0. The van der Waals surface area contributed by atoms with E-state index < -0.39 is 66.4 Å². The average molecular weight is 479 g/mol. The Labute approximate surface area is 196 Å². The van der Waals surface area contributed by atoms with E-state index in [9.17, 15) is 39.3 Å². The van der Waals surface area contributed by atoms with Crippen LogP contribution in [0.1, 0.15) is 31.7 Å². The lowest BCUT2D eigenvalue weighted by Crippen LogP contribution is -2.59. The predicted molar refractivity (Wildman–Crippen MR) is 118 cm³/mol. The molecule has 0 bridgehead atoms. The zero-order chi connectivity index (χ0) is 25.4. The van der Waals surface area contributed by atoms with Crippen LogP contribution in [0.15, 0.2) is 30.3 Å². The van der Waals surface area contributed by atoms with Crippen LogP contribution in [0.4, 0.5) is 0 Å². The Balaban J connectivity index is 2.26. The highest BCUT2D eigenvalue weighted by atomic mass is 16.4. The van der Waals surface area contributed by atoms with Gasteiger partial charge in [0.25, 0.3) is 0 Å². The number of rotatable bonds is 11. The minimum atomic E-state index is -1.57. The Hall–Kier alpha value is -3.51. The summed E-state index contributed by atoms with van der Waals surface area (Å²) in [6, 6.07) is 3.49.